The van der Waals surface area contributed by atoms with Crippen LogP contribution in [0.3, 0.4) is 0 Å². The standard InChI is InChI=1S/C15H21NOS/c1-3-12-7-10-15(17-12)14(16-4-2)9-8-13-6-5-11-18-13/h5-7,10-11,14,16H,3-4,8-9H2,1-2H3. The summed E-state index contributed by atoms with van der Waals surface area (Å²) in [5.74, 6) is 2.15. The Morgan fingerprint density at radius 1 is 1.28 bits per heavy atom. The Morgan fingerprint density at radius 3 is 2.78 bits per heavy atom. The van der Waals surface area contributed by atoms with Crippen molar-refractivity contribution < 1.29 is 4.42 Å². The molecule has 1 atom stereocenters. The van der Waals surface area contributed by atoms with E-state index in [1.165, 1.54) is 4.88 Å². The summed E-state index contributed by atoms with van der Waals surface area (Å²) < 4.78 is 5.86. The van der Waals surface area contributed by atoms with Gasteiger partial charge in [0.2, 0.25) is 0 Å². The summed E-state index contributed by atoms with van der Waals surface area (Å²) in [6, 6.07) is 8.85. The highest BCUT2D eigenvalue weighted by atomic mass is 32.1. The maximum atomic E-state index is 5.86. The van der Waals surface area contributed by atoms with Gasteiger partial charge in [0.25, 0.3) is 0 Å². The highest BCUT2D eigenvalue weighted by Crippen LogP contribution is 2.23. The Hall–Kier alpha value is -1.06. The lowest BCUT2D eigenvalue weighted by atomic mass is 10.1. The molecule has 0 aliphatic carbocycles. The lowest BCUT2D eigenvalue weighted by Gasteiger charge is -2.15. The van der Waals surface area contributed by atoms with Crippen molar-refractivity contribution in [2.45, 2.75) is 39.2 Å². The number of furan rings is 1. The van der Waals surface area contributed by atoms with Crippen LogP contribution in [-0.4, -0.2) is 6.54 Å². The lowest BCUT2D eigenvalue weighted by molar-refractivity contribution is 0.385. The van der Waals surface area contributed by atoms with E-state index in [-0.39, 0.29) is 0 Å². The SMILES string of the molecule is CCNC(CCc1cccs1)c1ccc(CC)o1. The first-order chi connectivity index (χ1) is 8.83. The zero-order chi connectivity index (χ0) is 12.8. The summed E-state index contributed by atoms with van der Waals surface area (Å²) in [7, 11) is 0. The van der Waals surface area contributed by atoms with Crippen LogP contribution in [0, 0.1) is 0 Å². The summed E-state index contributed by atoms with van der Waals surface area (Å²) in [5.41, 5.74) is 0. The molecule has 0 spiro atoms. The molecule has 0 fully saturated rings. The molecule has 2 nitrogen and oxygen atoms in total. The number of thiophene rings is 1. The fraction of sp³-hybridized carbons (Fsp3) is 0.467. The van der Waals surface area contributed by atoms with Crippen LogP contribution < -0.4 is 5.32 Å². The van der Waals surface area contributed by atoms with Gasteiger partial charge in [-0.3, -0.25) is 0 Å². The highest BCUT2D eigenvalue weighted by Gasteiger charge is 2.14. The van der Waals surface area contributed by atoms with Crippen molar-refractivity contribution in [3.05, 3.63) is 46.0 Å². The number of aryl methyl sites for hydroxylation is 2. The van der Waals surface area contributed by atoms with Crippen LogP contribution in [0.4, 0.5) is 0 Å². The molecule has 0 bridgehead atoms. The van der Waals surface area contributed by atoms with Gasteiger partial charge < -0.3 is 9.73 Å². The summed E-state index contributed by atoms with van der Waals surface area (Å²) in [6.07, 6.45) is 3.16. The number of rotatable bonds is 7. The molecule has 2 aromatic rings. The average Bonchev–Trinajstić information content (AvgIpc) is 3.05. The largest absolute Gasteiger partial charge is 0.464 e. The smallest absolute Gasteiger partial charge is 0.121 e. The average molecular weight is 263 g/mol. The molecule has 1 N–H and O–H groups in total. The molecule has 0 radical (unpaired) electrons. The van der Waals surface area contributed by atoms with Gasteiger partial charge in [-0.1, -0.05) is 19.9 Å². The van der Waals surface area contributed by atoms with Crippen molar-refractivity contribution >= 4 is 11.3 Å². The van der Waals surface area contributed by atoms with Crippen molar-refractivity contribution in [1.82, 2.24) is 5.32 Å². The highest BCUT2D eigenvalue weighted by molar-refractivity contribution is 7.09. The molecule has 18 heavy (non-hydrogen) atoms. The minimum absolute atomic E-state index is 0.331. The Labute approximate surface area is 113 Å². The van der Waals surface area contributed by atoms with Crippen LogP contribution in [0.25, 0.3) is 0 Å². The van der Waals surface area contributed by atoms with Gasteiger partial charge in [-0.05, 0) is 43.0 Å². The summed E-state index contributed by atoms with van der Waals surface area (Å²) >= 11 is 1.83. The second-order valence-electron chi connectivity index (χ2n) is 4.39. The molecule has 0 saturated heterocycles. The van der Waals surface area contributed by atoms with Crippen molar-refractivity contribution in [1.29, 1.82) is 0 Å². The normalized spacial score (nSPS) is 12.8. The fourth-order valence-electron chi connectivity index (χ4n) is 2.10. The minimum atomic E-state index is 0.331. The Kier molecular flexibility index (Phi) is 5.02. The van der Waals surface area contributed by atoms with E-state index in [0.717, 1.165) is 37.3 Å². The monoisotopic (exact) mass is 263 g/mol. The first-order valence-corrected chi connectivity index (χ1v) is 7.55. The molecule has 2 heterocycles. The topological polar surface area (TPSA) is 25.2 Å². The summed E-state index contributed by atoms with van der Waals surface area (Å²) in [5, 5.41) is 5.65. The van der Waals surface area contributed by atoms with Gasteiger partial charge in [0.1, 0.15) is 11.5 Å². The van der Waals surface area contributed by atoms with Gasteiger partial charge in [0.15, 0.2) is 0 Å². The van der Waals surface area contributed by atoms with E-state index in [4.69, 9.17) is 4.42 Å². The van der Waals surface area contributed by atoms with Crippen LogP contribution in [0.15, 0.2) is 34.1 Å². The molecule has 2 aromatic heterocycles. The van der Waals surface area contributed by atoms with E-state index in [9.17, 15) is 0 Å². The zero-order valence-corrected chi connectivity index (χ0v) is 11.9. The minimum Gasteiger partial charge on any atom is -0.464 e. The molecule has 2 rings (SSSR count). The lowest BCUT2D eigenvalue weighted by Crippen LogP contribution is -2.20. The van der Waals surface area contributed by atoms with Crippen LogP contribution >= 0.6 is 11.3 Å². The second kappa shape index (κ2) is 6.76. The first kappa shape index (κ1) is 13.4. The molecule has 98 valence electrons. The van der Waals surface area contributed by atoms with E-state index in [2.05, 4.69) is 48.8 Å². The maximum Gasteiger partial charge on any atom is 0.121 e. The number of nitrogens with one attached hydrogen (secondary N) is 1. The van der Waals surface area contributed by atoms with E-state index in [1.807, 2.05) is 11.3 Å². The summed E-state index contributed by atoms with van der Waals surface area (Å²) in [6.45, 7) is 5.23. The molecule has 0 aromatic carbocycles. The van der Waals surface area contributed by atoms with E-state index >= 15 is 0 Å². The Morgan fingerprint density at radius 2 is 2.17 bits per heavy atom. The third kappa shape index (κ3) is 3.47. The Balaban J connectivity index is 1.98. The van der Waals surface area contributed by atoms with Crippen LogP contribution in [0.5, 0.6) is 0 Å². The third-order valence-corrected chi connectivity index (χ3v) is 4.02. The van der Waals surface area contributed by atoms with Crippen molar-refractivity contribution in [3.8, 4) is 0 Å². The molecule has 0 saturated carbocycles. The zero-order valence-electron chi connectivity index (χ0n) is 11.1. The molecule has 0 amide bonds. The van der Waals surface area contributed by atoms with Gasteiger partial charge in [-0.15, -0.1) is 11.3 Å². The number of hydrogen-bond donors (Lipinski definition) is 1. The van der Waals surface area contributed by atoms with Crippen LogP contribution in [0.1, 0.15) is 42.7 Å². The predicted molar refractivity (Wildman–Crippen MR) is 77.1 cm³/mol. The van der Waals surface area contributed by atoms with Gasteiger partial charge in [-0.25, -0.2) is 0 Å². The maximum absolute atomic E-state index is 5.86. The molecule has 0 aliphatic heterocycles. The van der Waals surface area contributed by atoms with Gasteiger partial charge >= 0.3 is 0 Å². The second-order valence-corrected chi connectivity index (χ2v) is 5.42. The molecule has 0 aliphatic rings. The van der Waals surface area contributed by atoms with Crippen molar-refractivity contribution in [3.63, 3.8) is 0 Å². The van der Waals surface area contributed by atoms with Crippen LogP contribution in [0.2, 0.25) is 0 Å². The van der Waals surface area contributed by atoms with E-state index in [1.54, 1.807) is 0 Å². The third-order valence-electron chi connectivity index (χ3n) is 3.08. The van der Waals surface area contributed by atoms with Gasteiger partial charge in [-0.2, -0.15) is 0 Å². The molecule has 1 unspecified atom stereocenters. The predicted octanol–water partition coefficient (Wildman–Crippen LogP) is 4.19. The van der Waals surface area contributed by atoms with Gasteiger partial charge in [0.05, 0.1) is 6.04 Å². The molecule has 3 heteroatoms. The van der Waals surface area contributed by atoms with Crippen LogP contribution in [-0.2, 0) is 12.8 Å². The molecular formula is C15H21NOS. The quantitative estimate of drug-likeness (QED) is 0.810. The van der Waals surface area contributed by atoms with E-state index < -0.39 is 0 Å². The fourth-order valence-corrected chi connectivity index (χ4v) is 2.83. The number of hydrogen-bond acceptors (Lipinski definition) is 3. The Bertz CT molecular complexity index is 447. The van der Waals surface area contributed by atoms with Crippen molar-refractivity contribution in [2.24, 2.45) is 0 Å². The first-order valence-electron chi connectivity index (χ1n) is 6.67. The van der Waals surface area contributed by atoms with E-state index in [0.29, 0.717) is 6.04 Å². The van der Waals surface area contributed by atoms with Crippen molar-refractivity contribution in [2.75, 3.05) is 6.54 Å². The summed E-state index contributed by atoms with van der Waals surface area (Å²) in [4.78, 5) is 1.44. The van der Waals surface area contributed by atoms with Gasteiger partial charge in [0, 0.05) is 11.3 Å². The molecular weight excluding hydrogens is 242 g/mol.